The van der Waals surface area contributed by atoms with Crippen LogP contribution in [0.15, 0.2) is 33.7 Å². The van der Waals surface area contributed by atoms with E-state index in [0.717, 1.165) is 29.9 Å². The third-order valence-electron chi connectivity index (χ3n) is 4.92. The van der Waals surface area contributed by atoms with Crippen LogP contribution in [0.4, 0.5) is 0 Å². The van der Waals surface area contributed by atoms with Crippen LogP contribution in [0.5, 0.6) is 0 Å². The summed E-state index contributed by atoms with van der Waals surface area (Å²) in [5, 5.41) is 2.04. The molecule has 2 aliphatic rings. The molecule has 1 aromatic rings. The summed E-state index contributed by atoms with van der Waals surface area (Å²) >= 11 is 3.50. The maximum atomic E-state index is 6.21. The van der Waals surface area contributed by atoms with Crippen LogP contribution in [0.3, 0.4) is 0 Å². The summed E-state index contributed by atoms with van der Waals surface area (Å²) in [4.78, 5) is 11.4. The van der Waals surface area contributed by atoms with Crippen molar-refractivity contribution in [3.05, 3.63) is 34.3 Å². The van der Waals surface area contributed by atoms with E-state index in [-0.39, 0.29) is 5.54 Å². The van der Waals surface area contributed by atoms with Crippen LogP contribution in [-0.4, -0.2) is 23.0 Å². The van der Waals surface area contributed by atoms with Crippen molar-refractivity contribution >= 4 is 21.8 Å². The Hall–Kier alpha value is -0.870. The fourth-order valence-corrected chi connectivity index (χ4v) is 3.77. The third-order valence-corrected chi connectivity index (χ3v) is 5.45. The lowest BCUT2D eigenvalue weighted by atomic mass is 9.82. The molecule has 1 heterocycles. The van der Waals surface area contributed by atoms with Crippen LogP contribution in [-0.2, 0) is 11.4 Å². The van der Waals surface area contributed by atoms with Crippen molar-refractivity contribution in [1.82, 2.24) is 5.06 Å². The maximum absolute atomic E-state index is 6.21. The van der Waals surface area contributed by atoms with Gasteiger partial charge in [0.05, 0.1) is 12.1 Å². The lowest BCUT2D eigenvalue weighted by Crippen LogP contribution is -2.47. The zero-order valence-electron chi connectivity index (χ0n) is 14.1. The van der Waals surface area contributed by atoms with Crippen molar-refractivity contribution in [1.29, 1.82) is 0 Å². The van der Waals surface area contributed by atoms with Crippen molar-refractivity contribution in [3.63, 3.8) is 0 Å². The molecule has 126 valence electrons. The number of rotatable bonds is 5. The summed E-state index contributed by atoms with van der Waals surface area (Å²) in [5.41, 5.74) is 1.33. The van der Waals surface area contributed by atoms with Crippen molar-refractivity contribution in [2.75, 3.05) is 6.61 Å². The van der Waals surface area contributed by atoms with Gasteiger partial charge in [-0.25, -0.2) is 5.06 Å². The van der Waals surface area contributed by atoms with Gasteiger partial charge < -0.3 is 0 Å². The zero-order valence-corrected chi connectivity index (χ0v) is 15.6. The lowest BCUT2D eigenvalue weighted by Gasteiger charge is -2.41. The quantitative estimate of drug-likeness (QED) is 0.676. The summed E-state index contributed by atoms with van der Waals surface area (Å²) in [6.07, 6.45) is 9.71. The second-order valence-corrected chi connectivity index (χ2v) is 7.77. The topological polar surface area (TPSA) is 24.8 Å². The Morgan fingerprint density at radius 1 is 1.17 bits per heavy atom. The molecule has 3 nitrogen and oxygen atoms in total. The molecule has 1 aliphatic heterocycles. The van der Waals surface area contributed by atoms with Gasteiger partial charge in [-0.05, 0) is 37.0 Å². The van der Waals surface area contributed by atoms with Gasteiger partial charge in [-0.2, -0.15) is 0 Å². The van der Waals surface area contributed by atoms with Gasteiger partial charge in [0.1, 0.15) is 12.4 Å². The number of halogens is 1. The number of amidine groups is 1. The highest BCUT2D eigenvalue weighted by atomic mass is 79.9. The molecule has 1 spiro atoms. The van der Waals surface area contributed by atoms with Crippen LogP contribution in [0, 0.1) is 0 Å². The van der Waals surface area contributed by atoms with Gasteiger partial charge in [0.25, 0.3) is 0 Å². The van der Waals surface area contributed by atoms with E-state index in [2.05, 4.69) is 47.1 Å². The Kier molecular flexibility index (Phi) is 5.76. The Morgan fingerprint density at radius 2 is 1.91 bits per heavy atom. The van der Waals surface area contributed by atoms with Gasteiger partial charge >= 0.3 is 0 Å². The smallest absolute Gasteiger partial charge is 0.124 e. The largest absolute Gasteiger partial charge is 0.269 e. The Bertz CT molecular complexity index is 535. The fourth-order valence-electron chi connectivity index (χ4n) is 3.51. The van der Waals surface area contributed by atoms with E-state index in [0.29, 0.717) is 0 Å². The molecule has 1 aromatic carbocycles. The van der Waals surface area contributed by atoms with Crippen LogP contribution >= 0.6 is 15.9 Å². The van der Waals surface area contributed by atoms with E-state index in [9.17, 15) is 0 Å². The zero-order chi connectivity index (χ0) is 16.1. The predicted octanol–water partition coefficient (Wildman–Crippen LogP) is 5.49. The van der Waals surface area contributed by atoms with E-state index in [1.165, 1.54) is 50.5 Å². The molecule has 0 saturated heterocycles. The minimum absolute atomic E-state index is 0.0670. The average molecular weight is 379 g/mol. The van der Waals surface area contributed by atoms with E-state index < -0.39 is 0 Å². The molecule has 0 N–H and O–H groups in total. The molecule has 0 unspecified atom stereocenters. The van der Waals surface area contributed by atoms with Crippen molar-refractivity contribution in [2.24, 2.45) is 4.99 Å². The SMILES string of the molecule is CCCCC1=NC2(CCCCC2)CON1Cc1ccc(Br)cc1. The molecule has 0 atom stereocenters. The molecule has 0 radical (unpaired) electrons. The molecule has 1 aliphatic carbocycles. The summed E-state index contributed by atoms with van der Waals surface area (Å²) in [6.45, 7) is 3.77. The van der Waals surface area contributed by atoms with Crippen molar-refractivity contribution < 1.29 is 4.84 Å². The molecule has 0 bridgehead atoms. The molecule has 0 aromatic heterocycles. The molecule has 23 heavy (non-hydrogen) atoms. The number of hydrogen-bond donors (Lipinski definition) is 0. The standard InChI is InChI=1S/C19H27BrN2O/c1-2-3-7-18-21-19(12-5-4-6-13-19)15-23-22(18)14-16-8-10-17(20)11-9-16/h8-11H,2-7,12-15H2,1H3. The first-order valence-electron chi connectivity index (χ1n) is 8.94. The van der Waals surface area contributed by atoms with Gasteiger partial charge in [0.2, 0.25) is 0 Å². The van der Waals surface area contributed by atoms with Gasteiger partial charge in [-0.15, -0.1) is 0 Å². The van der Waals surface area contributed by atoms with Crippen LogP contribution in [0.2, 0.25) is 0 Å². The van der Waals surface area contributed by atoms with E-state index in [1.54, 1.807) is 0 Å². The molecule has 1 saturated carbocycles. The minimum atomic E-state index is 0.0670. The normalized spacial score (nSPS) is 20.6. The fraction of sp³-hybridized carbons (Fsp3) is 0.632. The van der Waals surface area contributed by atoms with Gasteiger partial charge in [-0.3, -0.25) is 9.83 Å². The first-order chi connectivity index (χ1) is 11.2. The average Bonchev–Trinajstić information content (AvgIpc) is 2.58. The number of hydroxylamine groups is 2. The second-order valence-electron chi connectivity index (χ2n) is 6.85. The molecular formula is C19H27BrN2O. The van der Waals surface area contributed by atoms with Crippen LogP contribution in [0.25, 0.3) is 0 Å². The monoisotopic (exact) mass is 378 g/mol. The summed E-state index contributed by atoms with van der Waals surface area (Å²) in [5.74, 6) is 1.16. The minimum Gasteiger partial charge on any atom is -0.269 e. The summed E-state index contributed by atoms with van der Waals surface area (Å²) in [6, 6.07) is 8.47. The van der Waals surface area contributed by atoms with Gasteiger partial charge in [0.15, 0.2) is 0 Å². The molecule has 3 rings (SSSR count). The first kappa shape index (κ1) is 17.0. The highest BCUT2D eigenvalue weighted by Crippen LogP contribution is 2.35. The molecular weight excluding hydrogens is 352 g/mol. The predicted molar refractivity (Wildman–Crippen MR) is 98.4 cm³/mol. The first-order valence-corrected chi connectivity index (χ1v) is 9.74. The number of aliphatic imine (C=N–C) groups is 1. The number of nitrogens with zero attached hydrogens (tertiary/aromatic N) is 2. The Labute approximate surface area is 148 Å². The van der Waals surface area contributed by atoms with E-state index >= 15 is 0 Å². The van der Waals surface area contributed by atoms with E-state index in [4.69, 9.17) is 9.83 Å². The lowest BCUT2D eigenvalue weighted by molar-refractivity contribution is -0.142. The second kappa shape index (κ2) is 7.80. The summed E-state index contributed by atoms with van der Waals surface area (Å²) in [7, 11) is 0. The van der Waals surface area contributed by atoms with Crippen LogP contribution in [0.1, 0.15) is 63.9 Å². The molecule has 0 amide bonds. The van der Waals surface area contributed by atoms with Crippen molar-refractivity contribution in [3.8, 4) is 0 Å². The van der Waals surface area contributed by atoms with E-state index in [1.807, 2.05) is 5.06 Å². The number of benzene rings is 1. The van der Waals surface area contributed by atoms with Gasteiger partial charge in [0, 0.05) is 10.9 Å². The Balaban J connectivity index is 1.75. The molecule has 4 heteroatoms. The summed E-state index contributed by atoms with van der Waals surface area (Å²) < 4.78 is 1.11. The van der Waals surface area contributed by atoms with Crippen LogP contribution < -0.4 is 0 Å². The third kappa shape index (κ3) is 4.36. The van der Waals surface area contributed by atoms with Gasteiger partial charge in [-0.1, -0.05) is 60.7 Å². The molecule has 1 fully saturated rings. The highest BCUT2D eigenvalue weighted by molar-refractivity contribution is 9.10. The Morgan fingerprint density at radius 3 is 2.61 bits per heavy atom. The highest BCUT2D eigenvalue weighted by Gasteiger charge is 2.37. The maximum Gasteiger partial charge on any atom is 0.124 e. The van der Waals surface area contributed by atoms with Crippen molar-refractivity contribution in [2.45, 2.75) is 70.4 Å². The number of unbranched alkanes of at least 4 members (excludes halogenated alkanes) is 1. The number of hydrogen-bond acceptors (Lipinski definition) is 3.